The Kier molecular flexibility index (Phi) is 5.03. The Hall–Kier alpha value is -2.74. The molecule has 0 aliphatic carbocycles. The van der Waals surface area contributed by atoms with Crippen molar-refractivity contribution < 1.29 is 19.1 Å². The third-order valence-corrected chi connectivity index (χ3v) is 4.93. The van der Waals surface area contributed by atoms with Crippen molar-refractivity contribution in [2.45, 2.75) is 52.1 Å². The number of carbonyl (C=O) groups excluding carboxylic acids is 1. The highest BCUT2D eigenvalue weighted by Crippen LogP contribution is 2.33. The Balaban J connectivity index is 1.71. The predicted octanol–water partition coefficient (Wildman–Crippen LogP) is 3.78. The summed E-state index contributed by atoms with van der Waals surface area (Å²) in [5.41, 5.74) is 2.61. The summed E-state index contributed by atoms with van der Waals surface area (Å²) in [7, 11) is 0. The highest BCUT2D eigenvalue weighted by Gasteiger charge is 2.33. The third-order valence-electron chi connectivity index (χ3n) is 4.93. The lowest BCUT2D eigenvalue weighted by Gasteiger charge is -2.29. The number of fused-ring (bicyclic) bond motifs is 1. The molecule has 1 aliphatic rings. The lowest BCUT2D eigenvalue weighted by atomic mass is 9.88. The summed E-state index contributed by atoms with van der Waals surface area (Å²) in [5.74, 6) is 2.94. The van der Waals surface area contributed by atoms with Gasteiger partial charge in [-0.05, 0) is 30.4 Å². The Morgan fingerprint density at radius 1 is 1.42 bits per heavy atom. The Morgan fingerprint density at radius 2 is 2.19 bits per heavy atom. The largest absolute Gasteiger partial charge is 0.507 e. The van der Waals surface area contributed by atoms with Crippen LogP contribution in [0.5, 0.6) is 5.75 Å². The first-order chi connectivity index (χ1) is 12.4. The lowest BCUT2D eigenvalue weighted by molar-refractivity contribution is 0.0107. The fourth-order valence-electron chi connectivity index (χ4n) is 3.28. The minimum atomic E-state index is -0.465. The monoisotopic (exact) mass is 353 g/mol. The van der Waals surface area contributed by atoms with Crippen LogP contribution in [0.1, 0.15) is 59.3 Å². The number of ether oxygens (including phenoxy) is 1. The molecule has 0 radical (unpaired) electrons. The molecular formula is C21H23NO4. The summed E-state index contributed by atoms with van der Waals surface area (Å²) in [6.45, 7) is 5.77. The zero-order valence-electron chi connectivity index (χ0n) is 15.3. The van der Waals surface area contributed by atoms with E-state index in [-0.39, 0.29) is 23.7 Å². The second kappa shape index (κ2) is 7.25. The summed E-state index contributed by atoms with van der Waals surface area (Å²) in [6.07, 6.45) is 8.51. The van der Waals surface area contributed by atoms with Crippen molar-refractivity contribution in [1.82, 2.24) is 4.98 Å². The Labute approximate surface area is 153 Å². The van der Waals surface area contributed by atoms with Crippen LogP contribution in [0.4, 0.5) is 0 Å². The number of esters is 1. The smallest absolute Gasteiger partial charge is 0.342 e. The van der Waals surface area contributed by atoms with Crippen LogP contribution in [-0.4, -0.2) is 22.2 Å². The highest BCUT2D eigenvalue weighted by atomic mass is 16.5. The molecule has 2 aromatic rings. The Bertz CT molecular complexity index is 861. The number of aromatic nitrogens is 1. The van der Waals surface area contributed by atoms with Crippen LogP contribution in [-0.2, 0) is 17.6 Å². The van der Waals surface area contributed by atoms with E-state index < -0.39 is 5.97 Å². The first-order valence-electron chi connectivity index (χ1n) is 8.80. The van der Waals surface area contributed by atoms with Crippen LogP contribution >= 0.6 is 0 Å². The minimum Gasteiger partial charge on any atom is -0.507 e. The van der Waals surface area contributed by atoms with Gasteiger partial charge in [0.2, 0.25) is 0 Å². The number of hydrogen-bond acceptors (Lipinski definition) is 5. The third kappa shape index (κ3) is 3.45. The molecule has 5 nitrogen and oxygen atoms in total. The second-order valence-electron chi connectivity index (χ2n) is 7.08. The first-order valence-corrected chi connectivity index (χ1v) is 8.80. The number of oxazole rings is 1. The van der Waals surface area contributed by atoms with E-state index in [9.17, 15) is 9.90 Å². The van der Waals surface area contributed by atoms with Crippen molar-refractivity contribution in [3.8, 4) is 18.1 Å². The van der Waals surface area contributed by atoms with Gasteiger partial charge in [0.25, 0.3) is 0 Å². The van der Waals surface area contributed by atoms with Gasteiger partial charge in [-0.3, -0.25) is 0 Å². The molecule has 5 heteroatoms. The summed E-state index contributed by atoms with van der Waals surface area (Å²) >= 11 is 0. The van der Waals surface area contributed by atoms with Crippen LogP contribution < -0.4 is 0 Å². The van der Waals surface area contributed by atoms with Gasteiger partial charge < -0.3 is 14.3 Å². The van der Waals surface area contributed by atoms with Crippen molar-refractivity contribution >= 4 is 5.97 Å². The van der Waals surface area contributed by atoms with Crippen LogP contribution in [0.2, 0.25) is 0 Å². The molecule has 3 rings (SSSR count). The number of rotatable bonds is 5. The van der Waals surface area contributed by atoms with Crippen LogP contribution in [0, 0.1) is 25.2 Å². The molecular weight excluding hydrogens is 330 g/mol. The molecule has 2 heterocycles. The maximum Gasteiger partial charge on any atom is 0.342 e. The number of hydrogen-bond donors (Lipinski definition) is 1. The van der Waals surface area contributed by atoms with Gasteiger partial charge in [0.15, 0.2) is 5.89 Å². The molecule has 1 N–H and O–H groups in total. The number of terminal acetylenes is 1. The summed E-state index contributed by atoms with van der Waals surface area (Å²) < 4.78 is 11.1. The van der Waals surface area contributed by atoms with Gasteiger partial charge in [-0.1, -0.05) is 26.0 Å². The van der Waals surface area contributed by atoms with Gasteiger partial charge >= 0.3 is 5.97 Å². The van der Waals surface area contributed by atoms with Gasteiger partial charge in [0.1, 0.15) is 23.7 Å². The van der Waals surface area contributed by atoms with E-state index in [1.807, 2.05) is 26.0 Å². The average Bonchev–Trinajstić information content (AvgIpc) is 3.06. The molecule has 0 saturated heterocycles. The standard InChI is InChI=1S/C21H23NO4/c1-5-6-13(3)20-22-16(11-25-20)9-14(4)17-10-15-8-7-12(2)19(23)18(15)21(24)26-17/h1,7-8,11,13-14,17,23H,6,9-10H2,2-4H3/t13-,14+,17-/m1/s1. The molecule has 0 unspecified atom stereocenters. The van der Waals surface area contributed by atoms with E-state index in [1.54, 1.807) is 13.2 Å². The number of aryl methyl sites for hydroxylation is 1. The molecule has 1 aliphatic heterocycles. The summed E-state index contributed by atoms with van der Waals surface area (Å²) in [5, 5.41) is 10.1. The van der Waals surface area contributed by atoms with E-state index in [1.165, 1.54) is 0 Å². The average molecular weight is 353 g/mol. The fourth-order valence-corrected chi connectivity index (χ4v) is 3.28. The van der Waals surface area contributed by atoms with E-state index in [0.29, 0.717) is 36.3 Å². The van der Waals surface area contributed by atoms with E-state index >= 15 is 0 Å². The SMILES string of the molecule is C#CC[C@@H](C)c1nc(C[C@H](C)[C@H]2Cc3ccc(C)c(O)c3C(=O)O2)co1. The number of phenols is 1. The number of nitrogens with zero attached hydrogens (tertiary/aromatic N) is 1. The molecule has 26 heavy (non-hydrogen) atoms. The van der Waals surface area contributed by atoms with Crippen LogP contribution in [0.3, 0.4) is 0 Å². The predicted molar refractivity (Wildman–Crippen MR) is 97.0 cm³/mol. The molecule has 0 amide bonds. The van der Waals surface area contributed by atoms with Gasteiger partial charge in [0.05, 0.1) is 5.69 Å². The summed E-state index contributed by atoms with van der Waals surface area (Å²) in [4.78, 5) is 16.9. The van der Waals surface area contributed by atoms with Crippen molar-refractivity contribution in [3.63, 3.8) is 0 Å². The number of cyclic esters (lactones) is 1. The maximum atomic E-state index is 12.4. The van der Waals surface area contributed by atoms with E-state index in [4.69, 9.17) is 15.6 Å². The van der Waals surface area contributed by atoms with Gasteiger partial charge in [0, 0.05) is 18.8 Å². The molecule has 0 fully saturated rings. The second-order valence-corrected chi connectivity index (χ2v) is 7.08. The number of carbonyl (C=O) groups is 1. The fraction of sp³-hybridized carbons (Fsp3) is 0.429. The molecule has 136 valence electrons. The zero-order chi connectivity index (χ0) is 18.8. The molecule has 1 aromatic carbocycles. The minimum absolute atomic E-state index is 0.0160. The number of phenolic OH excluding ortho intramolecular Hbond substituents is 1. The van der Waals surface area contributed by atoms with Crippen molar-refractivity contribution in [1.29, 1.82) is 0 Å². The van der Waals surface area contributed by atoms with Gasteiger partial charge in [-0.15, -0.1) is 12.3 Å². The number of benzene rings is 1. The van der Waals surface area contributed by atoms with Crippen molar-refractivity contribution in [3.05, 3.63) is 46.7 Å². The van der Waals surface area contributed by atoms with Crippen LogP contribution in [0.25, 0.3) is 0 Å². The van der Waals surface area contributed by atoms with E-state index in [2.05, 4.69) is 10.9 Å². The first kappa shape index (κ1) is 18.1. The molecule has 0 saturated carbocycles. The summed E-state index contributed by atoms with van der Waals surface area (Å²) in [6, 6.07) is 3.71. The van der Waals surface area contributed by atoms with Gasteiger partial charge in [-0.2, -0.15) is 0 Å². The van der Waals surface area contributed by atoms with Gasteiger partial charge in [-0.25, -0.2) is 9.78 Å². The topological polar surface area (TPSA) is 72.6 Å². The highest BCUT2D eigenvalue weighted by molar-refractivity contribution is 5.95. The maximum absolute atomic E-state index is 12.4. The lowest BCUT2D eigenvalue weighted by Crippen LogP contribution is -2.34. The molecule has 0 spiro atoms. The van der Waals surface area contributed by atoms with E-state index in [0.717, 1.165) is 11.3 Å². The number of aromatic hydroxyl groups is 1. The Morgan fingerprint density at radius 3 is 2.92 bits per heavy atom. The molecule has 1 aromatic heterocycles. The normalized spacial score (nSPS) is 18.5. The van der Waals surface area contributed by atoms with Crippen molar-refractivity contribution in [2.24, 2.45) is 5.92 Å². The zero-order valence-corrected chi connectivity index (χ0v) is 15.3. The van der Waals surface area contributed by atoms with Crippen LogP contribution in [0.15, 0.2) is 22.8 Å². The molecule has 3 atom stereocenters. The van der Waals surface area contributed by atoms with Crippen molar-refractivity contribution in [2.75, 3.05) is 0 Å². The quantitative estimate of drug-likeness (QED) is 0.654. The molecule has 0 bridgehead atoms.